The lowest BCUT2D eigenvalue weighted by molar-refractivity contribution is 0.477. The van der Waals surface area contributed by atoms with Gasteiger partial charge >= 0.3 is 0 Å². The van der Waals surface area contributed by atoms with Crippen LogP contribution < -0.4 is 5.32 Å². The molecule has 0 aliphatic carbocycles. The molecule has 1 aromatic rings. The van der Waals surface area contributed by atoms with Gasteiger partial charge in [-0.25, -0.2) is 9.97 Å². The van der Waals surface area contributed by atoms with Crippen molar-refractivity contribution in [1.82, 2.24) is 15.3 Å². The van der Waals surface area contributed by atoms with E-state index >= 15 is 0 Å². The van der Waals surface area contributed by atoms with Gasteiger partial charge in [-0.05, 0) is 31.6 Å². The Morgan fingerprint density at radius 2 is 2.24 bits per heavy atom. The van der Waals surface area contributed by atoms with Gasteiger partial charge in [-0.15, -0.1) is 0 Å². The summed E-state index contributed by atoms with van der Waals surface area (Å²) in [4.78, 5) is 8.30. The zero-order chi connectivity index (χ0) is 11.9. The first-order valence-corrected chi connectivity index (χ1v) is 7.56. The molecule has 1 aliphatic heterocycles. The summed E-state index contributed by atoms with van der Waals surface area (Å²) in [6, 6.07) is 0.418. The van der Waals surface area contributed by atoms with Crippen molar-refractivity contribution in [3.8, 4) is 0 Å². The molecule has 0 bridgehead atoms. The number of hydrogen-bond donors (Lipinski definition) is 1. The molecule has 0 radical (unpaired) electrons. The molecule has 2 unspecified atom stereocenters. The van der Waals surface area contributed by atoms with E-state index in [1.807, 2.05) is 12.4 Å². The maximum atomic E-state index is 4.15. The highest BCUT2D eigenvalue weighted by molar-refractivity contribution is 8.00. The predicted octanol–water partition coefficient (Wildman–Crippen LogP) is 2.80. The quantitative estimate of drug-likeness (QED) is 0.873. The summed E-state index contributed by atoms with van der Waals surface area (Å²) < 4.78 is 0. The maximum Gasteiger partial charge on any atom is 0.115 e. The van der Waals surface area contributed by atoms with E-state index in [-0.39, 0.29) is 0 Å². The topological polar surface area (TPSA) is 37.8 Å². The smallest absolute Gasteiger partial charge is 0.115 e. The van der Waals surface area contributed by atoms with Crippen LogP contribution in [0.4, 0.5) is 0 Å². The molecular weight excluding hydrogens is 230 g/mol. The summed E-state index contributed by atoms with van der Waals surface area (Å²) in [5.41, 5.74) is 1.24. The van der Waals surface area contributed by atoms with E-state index in [2.05, 4.69) is 34.0 Å². The van der Waals surface area contributed by atoms with Crippen LogP contribution in [0.5, 0.6) is 0 Å². The van der Waals surface area contributed by atoms with Gasteiger partial charge in [0.2, 0.25) is 0 Å². The molecule has 0 amide bonds. The molecule has 1 fully saturated rings. The Morgan fingerprint density at radius 1 is 1.41 bits per heavy atom. The second kappa shape index (κ2) is 6.97. The lowest BCUT2D eigenvalue weighted by Gasteiger charge is -2.30. The van der Waals surface area contributed by atoms with Crippen LogP contribution in [0.25, 0.3) is 0 Å². The van der Waals surface area contributed by atoms with Crippen molar-refractivity contribution < 1.29 is 0 Å². The molecule has 0 spiro atoms. The summed E-state index contributed by atoms with van der Waals surface area (Å²) in [6.07, 6.45) is 10.7. The average molecular weight is 251 g/mol. The van der Waals surface area contributed by atoms with Gasteiger partial charge in [0, 0.05) is 29.2 Å². The number of hydrogen-bond acceptors (Lipinski definition) is 4. The molecule has 0 saturated carbocycles. The number of aromatic nitrogens is 2. The third-order valence-electron chi connectivity index (χ3n) is 3.14. The molecule has 3 nitrogen and oxygen atoms in total. The van der Waals surface area contributed by atoms with Crippen LogP contribution in [0.3, 0.4) is 0 Å². The standard InChI is InChI=1S/C13H21N3S/c1-2-6-16-13(11-8-14-10-15-9-11)12-5-3-4-7-17-12/h8-10,12-13,16H,2-7H2,1H3. The van der Waals surface area contributed by atoms with Crippen molar-refractivity contribution in [2.75, 3.05) is 12.3 Å². The van der Waals surface area contributed by atoms with E-state index in [1.54, 1.807) is 6.33 Å². The third kappa shape index (κ3) is 3.68. The molecule has 4 heteroatoms. The van der Waals surface area contributed by atoms with E-state index < -0.39 is 0 Å². The van der Waals surface area contributed by atoms with Crippen molar-refractivity contribution in [1.29, 1.82) is 0 Å². The Kier molecular flexibility index (Phi) is 5.26. The van der Waals surface area contributed by atoms with Gasteiger partial charge in [0.25, 0.3) is 0 Å². The normalized spacial score (nSPS) is 22.3. The van der Waals surface area contributed by atoms with Crippen LogP contribution in [0.15, 0.2) is 18.7 Å². The van der Waals surface area contributed by atoms with E-state index in [9.17, 15) is 0 Å². The predicted molar refractivity (Wildman–Crippen MR) is 73.2 cm³/mol. The second-order valence-electron chi connectivity index (χ2n) is 4.51. The third-order valence-corrected chi connectivity index (χ3v) is 4.60. The Morgan fingerprint density at radius 3 is 2.88 bits per heavy atom. The van der Waals surface area contributed by atoms with Crippen LogP contribution >= 0.6 is 11.8 Å². The second-order valence-corrected chi connectivity index (χ2v) is 5.86. The van der Waals surface area contributed by atoms with Gasteiger partial charge in [-0.1, -0.05) is 13.3 Å². The SMILES string of the molecule is CCCNC(c1cncnc1)C1CCCCS1. The summed E-state index contributed by atoms with van der Waals surface area (Å²) in [5.74, 6) is 1.29. The monoisotopic (exact) mass is 251 g/mol. The van der Waals surface area contributed by atoms with Gasteiger partial charge in [0.15, 0.2) is 0 Å². The lowest BCUT2D eigenvalue weighted by atomic mass is 10.0. The summed E-state index contributed by atoms with van der Waals surface area (Å²) >= 11 is 2.10. The highest BCUT2D eigenvalue weighted by atomic mass is 32.2. The minimum absolute atomic E-state index is 0.418. The van der Waals surface area contributed by atoms with Crippen molar-refractivity contribution in [2.24, 2.45) is 0 Å². The van der Waals surface area contributed by atoms with Gasteiger partial charge in [0.05, 0.1) is 0 Å². The molecule has 2 atom stereocenters. The largest absolute Gasteiger partial charge is 0.309 e. The van der Waals surface area contributed by atoms with Crippen molar-refractivity contribution in [3.05, 3.63) is 24.3 Å². The minimum Gasteiger partial charge on any atom is -0.309 e. The van der Waals surface area contributed by atoms with Crippen LogP contribution in [0.2, 0.25) is 0 Å². The van der Waals surface area contributed by atoms with Crippen LogP contribution in [0, 0.1) is 0 Å². The van der Waals surface area contributed by atoms with Crippen LogP contribution in [-0.4, -0.2) is 27.5 Å². The molecule has 1 aromatic heterocycles. The van der Waals surface area contributed by atoms with Crippen molar-refractivity contribution >= 4 is 11.8 Å². The molecule has 2 rings (SSSR count). The molecule has 2 heterocycles. The number of nitrogens with zero attached hydrogens (tertiary/aromatic N) is 2. The Balaban J connectivity index is 2.06. The van der Waals surface area contributed by atoms with E-state index in [0.717, 1.165) is 6.54 Å². The zero-order valence-corrected chi connectivity index (χ0v) is 11.2. The molecule has 94 valence electrons. The van der Waals surface area contributed by atoms with Crippen molar-refractivity contribution in [3.63, 3.8) is 0 Å². The number of thioether (sulfide) groups is 1. The fourth-order valence-electron chi connectivity index (χ4n) is 2.26. The minimum atomic E-state index is 0.418. The highest BCUT2D eigenvalue weighted by Gasteiger charge is 2.25. The highest BCUT2D eigenvalue weighted by Crippen LogP contribution is 2.34. The molecule has 0 aromatic carbocycles. The van der Waals surface area contributed by atoms with Crippen LogP contribution in [0.1, 0.15) is 44.2 Å². The summed E-state index contributed by atoms with van der Waals surface area (Å²) in [5, 5.41) is 4.34. The Hall–Kier alpha value is -0.610. The van der Waals surface area contributed by atoms with Crippen molar-refractivity contribution in [2.45, 2.75) is 43.9 Å². The molecule has 1 N–H and O–H groups in total. The lowest BCUT2D eigenvalue weighted by Crippen LogP contribution is -2.32. The van der Waals surface area contributed by atoms with Crippen LogP contribution in [-0.2, 0) is 0 Å². The fraction of sp³-hybridized carbons (Fsp3) is 0.692. The first-order chi connectivity index (χ1) is 8.42. The zero-order valence-electron chi connectivity index (χ0n) is 10.4. The molecule has 1 saturated heterocycles. The fourth-order valence-corrected chi connectivity index (χ4v) is 3.72. The van der Waals surface area contributed by atoms with E-state index in [1.165, 1.54) is 37.0 Å². The van der Waals surface area contributed by atoms with Gasteiger partial charge < -0.3 is 5.32 Å². The van der Waals surface area contributed by atoms with E-state index in [4.69, 9.17) is 0 Å². The molecule has 1 aliphatic rings. The Labute approximate surface area is 108 Å². The van der Waals surface area contributed by atoms with Gasteiger partial charge in [-0.3, -0.25) is 0 Å². The maximum absolute atomic E-state index is 4.15. The van der Waals surface area contributed by atoms with Gasteiger partial charge in [0.1, 0.15) is 6.33 Å². The Bertz CT molecular complexity index is 312. The summed E-state index contributed by atoms with van der Waals surface area (Å²) in [7, 11) is 0. The molecular formula is C13H21N3S. The summed E-state index contributed by atoms with van der Waals surface area (Å²) in [6.45, 7) is 3.27. The van der Waals surface area contributed by atoms with Gasteiger partial charge in [-0.2, -0.15) is 11.8 Å². The first-order valence-electron chi connectivity index (χ1n) is 6.51. The van der Waals surface area contributed by atoms with E-state index in [0.29, 0.717) is 11.3 Å². The number of rotatable bonds is 5. The number of nitrogens with one attached hydrogen (secondary N) is 1. The molecule has 17 heavy (non-hydrogen) atoms. The first kappa shape index (κ1) is 12.8. The average Bonchev–Trinajstić information content (AvgIpc) is 2.42.